The van der Waals surface area contributed by atoms with Crippen LogP contribution < -0.4 is 4.74 Å². The van der Waals surface area contributed by atoms with Gasteiger partial charge in [0.1, 0.15) is 18.3 Å². The number of carbonyl (C=O) groups is 2. The van der Waals surface area contributed by atoms with Crippen molar-refractivity contribution >= 4 is 23.2 Å². The number of amides is 2. The Morgan fingerprint density at radius 2 is 1.93 bits per heavy atom. The molecule has 1 saturated carbocycles. The third-order valence-corrected chi connectivity index (χ3v) is 6.65. The SMILES string of the molecule is COc1cccc([C@@H]2C(=O)N(C3CCCCC3)CC(=O)N2Cc2cccs2)c1. The Morgan fingerprint density at radius 1 is 1.11 bits per heavy atom. The lowest BCUT2D eigenvalue weighted by Gasteiger charge is -2.44. The molecule has 1 aromatic carbocycles. The van der Waals surface area contributed by atoms with Crippen LogP contribution in [-0.4, -0.2) is 41.3 Å². The second-order valence-corrected chi connectivity index (χ2v) is 8.57. The van der Waals surface area contributed by atoms with E-state index in [9.17, 15) is 9.59 Å². The molecule has 2 heterocycles. The van der Waals surface area contributed by atoms with E-state index in [1.54, 1.807) is 23.3 Å². The molecule has 0 unspecified atom stereocenters. The van der Waals surface area contributed by atoms with Crippen LogP contribution in [0, 0.1) is 0 Å². The van der Waals surface area contributed by atoms with E-state index in [1.165, 1.54) is 6.42 Å². The summed E-state index contributed by atoms with van der Waals surface area (Å²) >= 11 is 1.61. The number of thiophene rings is 1. The molecule has 1 atom stereocenters. The molecule has 2 aromatic rings. The maximum Gasteiger partial charge on any atom is 0.250 e. The minimum absolute atomic E-state index is 0.0198. The summed E-state index contributed by atoms with van der Waals surface area (Å²) in [6.45, 7) is 0.651. The van der Waals surface area contributed by atoms with Crippen LogP contribution in [0.5, 0.6) is 5.75 Å². The fourth-order valence-electron chi connectivity index (χ4n) is 4.33. The van der Waals surface area contributed by atoms with E-state index in [4.69, 9.17) is 4.74 Å². The monoisotopic (exact) mass is 398 g/mol. The minimum Gasteiger partial charge on any atom is -0.497 e. The number of ether oxygens (including phenoxy) is 1. The van der Waals surface area contributed by atoms with Crippen molar-refractivity contribution in [3.05, 3.63) is 52.2 Å². The highest BCUT2D eigenvalue weighted by atomic mass is 32.1. The van der Waals surface area contributed by atoms with Gasteiger partial charge in [0.25, 0.3) is 5.91 Å². The molecule has 1 aromatic heterocycles. The van der Waals surface area contributed by atoms with Crippen LogP contribution in [0.25, 0.3) is 0 Å². The second-order valence-electron chi connectivity index (χ2n) is 7.54. The molecule has 0 radical (unpaired) electrons. The molecular formula is C22H26N2O3S. The third-order valence-electron chi connectivity index (χ3n) is 5.79. The quantitative estimate of drug-likeness (QED) is 0.765. The van der Waals surface area contributed by atoms with Crippen LogP contribution in [0.15, 0.2) is 41.8 Å². The fourth-order valence-corrected chi connectivity index (χ4v) is 5.04. The lowest BCUT2D eigenvalue weighted by Crippen LogP contribution is -2.58. The summed E-state index contributed by atoms with van der Waals surface area (Å²) in [6.07, 6.45) is 5.47. The fraction of sp³-hybridized carbons (Fsp3) is 0.455. The van der Waals surface area contributed by atoms with Crippen molar-refractivity contribution in [1.82, 2.24) is 9.80 Å². The number of carbonyl (C=O) groups excluding carboxylic acids is 2. The Labute approximate surface area is 169 Å². The molecule has 4 rings (SSSR count). The zero-order valence-electron chi connectivity index (χ0n) is 16.2. The van der Waals surface area contributed by atoms with Crippen LogP contribution in [0.3, 0.4) is 0 Å². The predicted molar refractivity (Wildman–Crippen MR) is 109 cm³/mol. The van der Waals surface area contributed by atoms with Crippen LogP contribution in [0.4, 0.5) is 0 Å². The molecule has 0 N–H and O–H groups in total. The normalized spacial score (nSPS) is 21.2. The Bertz CT molecular complexity index is 830. The number of piperazine rings is 1. The lowest BCUT2D eigenvalue weighted by molar-refractivity contribution is -0.159. The number of rotatable bonds is 5. The summed E-state index contributed by atoms with van der Waals surface area (Å²) in [4.78, 5) is 31.4. The van der Waals surface area contributed by atoms with Crippen molar-refractivity contribution in [3.8, 4) is 5.75 Å². The standard InChI is InChI=1S/C22H26N2O3S/c1-27-18-10-5-7-16(13-18)21-22(26)23(17-8-3-2-4-9-17)15-20(25)24(21)14-19-11-6-12-28-19/h5-7,10-13,17,21H,2-4,8-9,14-15H2,1H3/t21-/m1/s1. The van der Waals surface area contributed by atoms with E-state index in [-0.39, 0.29) is 24.4 Å². The maximum absolute atomic E-state index is 13.6. The molecule has 0 bridgehead atoms. The van der Waals surface area contributed by atoms with Crippen LogP contribution in [0.2, 0.25) is 0 Å². The van der Waals surface area contributed by atoms with E-state index in [0.29, 0.717) is 12.3 Å². The van der Waals surface area contributed by atoms with E-state index in [0.717, 1.165) is 36.1 Å². The number of nitrogens with zero attached hydrogens (tertiary/aromatic N) is 2. The predicted octanol–water partition coefficient (Wildman–Crippen LogP) is 4.00. The van der Waals surface area contributed by atoms with E-state index >= 15 is 0 Å². The average molecular weight is 399 g/mol. The molecule has 2 amide bonds. The Kier molecular flexibility index (Phi) is 5.67. The number of hydrogen-bond donors (Lipinski definition) is 0. The molecule has 1 aliphatic heterocycles. The summed E-state index contributed by atoms with van der Waals surface area (Å²) in [7, 11) is 1.62. The molecule has 6 heteroatoms. The van der Waals surface area contributed by atoms with E-state index in [2.05, 4.69) is 0 Å². The minimum atomic E-state index is -0.597. The van der Waals surface area contributed by atoms with Gasteiger partial charge in [0.15, 0.2) is 0 Å². The summed E-state index contributed by atoms with van der Waals surface area (Å²) in [5.41, 5.74) is 0.815. The van der Waals surface area contributed by atoms with Crippen LogP contribution in [-0.2, 0) is 16.1 Å². The number of hydrogen-bond acceptors (Lipinski definition) is 4. The van der Waals surface area contributed by atoms with Crippen LogP contribution in [0.1, 0.15) is 48.6 Å². The van der Waals surface area contributed by atoms with Gasteiger partial charge in [-0.1, -0.05) is 37.5 Å². The van der Waals surface area contributed by atoms with Crippen molar-refractivity contribution in [1.29, 1.82) is 0 Å². The second kappa shape index (κ2) is 8.35. The first-order valence-corrected chi connectivity index (χ1v) is 10.8. The van der Waals surface area contributed by atoms with Gasteiger partial charge in [-0.25, -0.2) is 0 Å². The molecule has 2 fully saturated rings. The molecule has 1 aliphatic carbocycles. The first-order chi connectivity index (χ1) is 13.7. The Morgan fingerprint density at radius 3 is 2.64 bits per heavy atom. The van der Waals surface area contributed by atoms with Crippen molar-refractivity contribution in [3.63, 3.8) is 0 Å². The van der Waals surface area contributed by atoms with Crippen molar-refractivity contribution < 1.29 is 14.3 Å². The van der Waals surface area contributed by atoms with Gasteiger partial charge < -0.3 is 14.5 Å². The maximum atomic E-state index is 13.6. The average Bonchev–Trinajstić information content (AvgIpc) is 3.24. The van der Waals surface area contributed by atoms with Gasteiger partial charge in [0.05, 0.1) is 13.7 Å². The van der Waals surface area contributed by atoms with E-state index < -0.39 is 6.04 Å². The zero-order valence-corrected chi connectivity index (χ0v) is 17.0. The highest BCUT2D eigenvalue weighted by molar-refractivity contribution is 7.09. The van der Waals surface area contributed by atoms with Gasteiger partial charge in [-0.2, -0.15) is 0 Å². The van der Waals surface area contributed by atoms with Crippen molar-refractivity contribution in [2.24, 2.45) is 0 Å². The van der Waals surface area contributed by atoms with E-state index in [1.807, 2.05) is 46.7 Å². The van der Waals surface area contributed by atoms with Gasteiger partial charge in [0.2, 0.25) is 5.91 Å². The molecule has 0 spiro atoms. The summed E-state index contributed by atoms with van der Waals surface area (Å²) < 4.78 is 5.37. The third kappa shape index (κ3) is 3.78. The summed E-state index contributed by atoms with van der Waals surface area (Å²) in [5.74, 6) is 0.756. The smallest absolute Gasteiger partial charge is 0.250 e. The van der Waals surface area contributed by atoms with Gasteiger partial charge in [-0.3, -0.25) is 9.59 Å². The topological polar surface area (TPSA) is 49.9 Å². The van der Waals surface area contributed by atoms with Crippen LogP contribution >= 0.6 is 11.3 Å². The molecule has 148 valence electrons. The molecular weight excluding hydrogens is 372 g/mol. The zero-order chi connectivity index (χ0) is 19.5. The van der Waals surface area contributed by atoms with Crippen molar-refractivity contribution in [2.45, 2.75) is 50.7 Å². The van der Waals surface area contributed by atoms with Gasteiger partial charge in [-0.15, -0.1) is 11.3 Å². The first kappa shape index (κ1) is 19.0. The highest BCUT2D eigenvalue weighted by Crippen LogP contribution is 2.34. The molecule has 28 heavy (non-hydrogen) atoms. The number of benzene rings is 1. The van der Waals surface area contributed by atoms with Gasteiger partial charge >= 0.3 is 0 Å². The Balaban J connectivity index is 1.69. The van der Waals surface area contributed by atoms with Gasteiger partial charge in [-0.05, 0) is 42.0 Å². The highest BCUT2D eigenvalue weighted by Gasteiger charge is 2.43. The largest absolute Gasteiger partial charge is 0.497 e. The first-order valence-electron chi connectivity index (χ1n) is 9.93. The number of methoxy groups -OCH3 is 1. The summed E-state index contributed by atoms with van der Waals surface area (Å²) in [6, 6.07) is 11.1. The molecule has 2 aliphatic rings. The molecule has 1 saturated heterocycles. The Hall–Kier alpha value is -2.34. The van der Waals surface area contributed by atoms with Gasteiger partial charge in [0, 0.05) is 10.9 Å². The lowest BCUT2D eigenvalue weighted by atomic mass is 9.91. The summed E-state index contributed by atoms with van der Waals surface area (Å²) in [5, 5.41) is 2.00. The molecule has 5 nitrogen and oxygen atoms in total. The van der Waals surface area contributed by atoms with Crippen molar-refractivity contribution in [2.75, 3.05) is 13.7 Å².